The van der Waals surface area contributed by atoms with Gasteiger partial charge in [-0.1, -0.05) is 58.5 Å². The van der Waals surface area contributed by atoms with Gasteiger partial charge < -0.3 is 10.2 Å². The third kappa shape index (κ3) is 4.03. The van der Waals surface area contributed by atoms with Gasteiger partial charge in [0.05, 0.1) is 9.75 Å². The van der Waals surface area contributed by atoms with Crippen LogP contribution in [0.4, 0.5) is 0 Å². The van der Waals surface area contributed by atoms with Crippen LogP contribution < -0.4 is 0 Å². The van der Waals surface area contributed by atoms with Crippen molar-refractivity contribution < 1.29 is 10.2 Å². The highest BCUT2D eigenvalue weighted by Gasteiger charge is 2.18. The van der Waals surface area contributed by atoms with Crippen LogP contribution in [0, 0.1) is 0 Å². The molecular weight excluding hydrogens is 496 g/mol. The zero-order valence-electron chi connectivity index (χ0n) is 14.6. The summed E-state index contributed by atoms with van der Waals surface area (Å²) in [7, 11) is 0. The number of thiophene rings is 2. The second-order valence-electron chi connectivity index (χ2n) is 6.17. The van der Waals surface area contributed by atoms with Crippen molar-refractivity contribution >= 4 is 54.5 Å². The van der Waals surface area contributed by atoms with E-state index in [0.717, 1.165) is 55.5 Å². The zero-order chi connectivity index (χ0) is 18.8. The summed E-state index contributed by atoms with van der Waals surface area (Å²) in [6, 6.07) is 7.75. The third-order valence-electron chi connectivity index (χ3n) is 4.07. The molecule has 138 valence electrons. The first-order chi connectivity index (χ1) is 12.4. The smallest absolute Gasteiger partial charge is 0.134 e. The number of hydrogen-bond donors (Lipinski definition) is 2. The predicted octanol–water partition coefficient (Wildman–Crippen LogP) is 7.98. The van der Waals surface area contributed by atoms with E-state index in [2.05, 4.69) is 45.7 Å². The molecule has 2 heterocycles. The topological polar surface area (TPSA) is 40.5 Å². The molecule has 3 aromatic rings. The molecule has 0 amide bonds. The second kappa shape index (κ2) is 8.46. The minimum absolute atomic E-state index is 0.322. The largest absolute Gasteiger partial charge is 0.506 e. The molecule has 6 heteroatoms. The molecule has 2 nitrogen and oxygen atoms in total. The van der Waals surface area contributed by atoms with Crippen LogP contribution in [0.15, 0.2) is 33.2 Å². The fourth-order valence-electron chi connectivity index (χ4n) is 2.88. The van der Waals surface area contributed by atoms with E-state index in [1.807, 2.05) is 24.3 Å². The Morgan fingerprint density at radius 2 is 1.12 bits per heavy atom. The van der Waals surface area contributed by atoms with Crippen molar-refractivity contribution in [1.82, 2.24) is 0 Å². The quantitative estimate of drug-likeness (QED) is 0.349. The van der Waals surface area contributed by atoms with Crippen molar-refractivity contribution in [2.45, 2.75) is 39.5 Å². The summed E-state index contributed by atoms with van der Waals surface area (Å²) >= 11 is 10.6. The predicted molar refractivity (Wildman–Crippen MR) is 120 cm³/mol. The average Bonchev–Trinajstić information content (AvgIpc) is 3.12. The summed E-state index contributed by atoms with van der Waals surface area (Å²) in [6.45, 7) is 4.27. The number of rotatable bonds is 6. The molecule has 26 heavy (non-hydrogen) atoms. The van der Waals surface area contributed by atoms with E-state index in [-0.39, 0.29) is 0 Å². The van der Waals surface area contributed by atoms with Gasteiger partial charge in [-0.25, -0.2) is 0 Å². The van der Waals surface area contributed by atoms with Crippen LogP contribution >= 0.6 is 54.5 Å². The molecule has 0 aliphatic rings. The molecule has 0 radical (unpaired) electrons. The maximum Gasteiger partial charge on any atom is 0.134 e. The molecule has 0 fully saturated rings. The van der Waals surface area contributed by atoms with Crippen LogP contribution in [0.25, 0.3) is 20.9 Å². The van der Waals surface area contributed by atoms with Crippen molar-refractivity contribution in [1.29, 1.82) is 0 Å². The molecule has 0 aliphatic carbocycles. The fraction of sp³-hybridized carbons (Fsp3) is 0.300. The molecule has 2 N–H and O–H groups in total. The summed E-state index contributed by atoms with van der Waals surface area (Å²) in [4.78, 5) is 4.11. The first-order valence-electron chi connectivity index (χ1n) is 8.57. The molecule has 0 aliphatic heterocycles. The maximum atomic E-state index is 10.4. The Hall–Kier alpha value is -0.820. The van der Waals surface area contributed by atoms with E-state index < -0.39 is 0 Å². The van der Waals surface area contributed by atoms with E-state index in [1.165, 1.54) is 9.75 Å². The molecular formula is C20H20Br2O2S2. The van der Waals surface area contributed by atoms with E-state index in [0.29, 0.717) is 11.5 Å². The lowest BCUT2D eigenvalue weighted by atomic mass is 10.1. The van der Waals surface area contributed by atoms with Crippen molar-refractivity contribution in [2.24, 2.45) is 0 Å². The first kappa shape index (κ1) is 19.9. The third-order valence-corrected chi connectivity index (χ3v) is 7.81. The van der Waals surface area contributed by atoms with Crippen LogP contribution in [0.3, 0.4) is 0 Å². The van der Waals surface area contributed by atoms with E-state index in [4.69, 9.17) is 0 Å². The highest BCUT2D eigenvalue weighted by molar-refractivity contribution is 9.11. The van der Waals surface area contributed by atoms with Crippen LogP contribution in [-0.4, -0.2) is 10.2 Å². The summed E-state index contributed by atoms with van der Waals surface area (Å²) < 4.78 is 1.81. The van der Waals surface area contributed by atoms with Gasteiger partial charge in [0, 0.05) is 29.8 Å². The van der Waals surface area contributed by atoms with Gasteiger partial charge in [-0.3, -0.25) is 0 Å². The van der Waals surface area contributed by atoms with Crippen LogP contribution in [0.1, 0.15) is 36.4 Å². The standard InChI is InChI=1S/C20H20Br2O2S2/c1-3-5-11-7-17(23)19(25-11)13-9-16(22)14(10-15(13)21)20-18(24)8-12(26-20)6-4-2/h7-10,23-24H,3-6H2,1-2H3. The van der Waals surface area contributed by atoms with Crippen LogP contribution in [-0.2, 0) is 12.8 Å². The van der Waals surface area contributed by atoms with Gasteiger partial charge in [-0.15, -0.1) is 22.7 Å². The molecule has 0 unspecified atom stereocenters. The van der Waals surface area contributed by atoms with Crippen molar-refractivity contribution in [3.8, 4) is 32.4 Å². The number of benzene rings is 1. The minimum Gasteiger partial charge on any atom is -0.506 e. The number of aromatic hydroxyl groups is 2. The Morgan fingerprint density at radius 1 is 0.731 bits per heavy atom. The van der Waals surface area contributed by atoms with Gasteiger partial charge in [-0.05, 0) is 37.1 Å². The molecule has 0 saturated heterocycles. The summed E-state index contributed by atoms with van der Waals surface area (Å²) in [5.41, 5.74) is 1.91. The summed E-state index contributed by atoms with van der Waals surface area (Å²) in [5.74, 6) is 0.644. The van der Waals surface area contributed by atoms with Crippen LogP contribution in [0.5, 0.6) is 11.5 Å². The first-order valence-corrected chi connectivity index (χ1v) is 11.8. The Bertz CT molecular complexity index is 852. The molecule has 2 aromatic heterocycles. The lowest BCUT2D eigenvalue weighted by Gasteiger charge is -2.09. The number of aryl methyl sites for hydroxylation is 2. The Kier molecular flexibility index (Phi) is 6.49. The van der Waals surface area contributed by atoms with Gasteiger partial charge in [0.15, 0.2) is 0 Å². The Balaban J connectivity index is 2.04. The fourth-order valence-corrected chi connectivity index (χ4v) is 6.59. The molecule has 3 rings (SSSR count). The van der Waals surface area contributed by atoms with Gasteiger partial charge in [0.2, 0.25) is 0 Å². The van der Waals surface area contributed by atoms with Crippen LogP contribution in [0.2, 0.25) is 0 Å². The molecule has 0 atom stereocenters. The Morgan fingerprint density at radius 3 is 1.46 bits per heavy atom. The lowest BCUT2D eigenvalue weighted by Crippen LogP contribution is -1.83. The van der Waals surface area contributed by atoms with E-state index in [9.17, 15) is 10.2 Å². The van der Waals surface area contributed by atoms with E-state index >= 15 is 0 Å². The van der Waals surface area contributed by atoms with Crippen molar-refractivity contribution in [3.63, 3.8) is 0 Å². The zero-order valence-corrected chi connectivity index (χ0v) is 19.4. The average molecular weight is 516 g/mol. The van der Waals surface area contributed by atoms with E-state index in [1.54, 1.807) is 22.7 Å². The molecule has 0 spiro atoms. The number of halogens is 2. The molecule has 1 aromatic carbocycles. The van der Waals surface area contributed by atoms with Gasteiger partial charge in [-0.2, -0.15) is 0 Å². The summed E-state index contributed by atoms with van der Waals surface area (Å²) in [6.07, 6.45) is 4.05. The lowest BCUT2D eigenvalue weighted by molar-refractivity contribution is 0.478. The van der Waals surface area contributed by atoms with Gasteiger partial charge in [0.25, 0.3) is 0 Å². The molecule has 0 saturated carbocycles. The normalized spacial score (nSPS) is 11.2. The van der Waals surface area contributed by atoms with Crippen molar-refractivity contribution in [3.05, 3.63) is 43.0 Å². The Labute approximate surface area is 178 Å². The highest BCUT2D eigenvalue weighted by atomic mass is 79.9. The maximum absolute atomic E-state index is 10.4. The SMILES string of the molecule is CCCc1cc(O)c(-c2cc(Br)c(-c3sc(CCC)cc3O)cc2Br)s1. The molecule has 0 bridgehead atoms. The summed E-state index contributed by atoms with van der Waals surface area (Å²) in [5, 5.41) is 20.7. The van der Waals surface area contributed by atoms with Gasteiger partial charge >= 0.3 is 0 Å². The van der Waals surface area contributed by atoms with Crippen molar-refractivity contribution in [2.75, 3.05) is 0 Å². The second-order valence-corrected chi connectivity index (χ2v) is 10.1. The van der Waals surface area contributed by atoms with Gasteiger partial charge in [0.1, 0.15) is 11.5 Å². The minimum atomic E-state index is 0.322. The number of hydrogen-bond acceptors (Lipinski definition) is 4. The monoisotopic (exact) mass is 514 g/mol. The highest BCUT2D eigenvalue weighted by Crippen LogP contribution is 2.47.